The predicted octanol–water partition coefficient (Wildman–Crippen LogP) is 4.51. The molecule has 3 aromatic rings. The molecular weight excluding hydrogens is 340 g/mol. The lowest BCUT2D eigenvalue weighted by molar-refractivity contribution is 0.103. The Kier molecular flexibility index (Phi) is 3.51. The highest BCUT2D eigenvalue weighted by atomic mass is 79.9. The second-order valence-electron chi connectivity index (χ2n) is 4.45. The minimum Gasteiger partial charge on any atom is -0.289 e. The minimum absolute atomic E-state index is 0.0743. The molecule has 1 aromatic heterocycles. The molecule has 104 valence electrons. The Bertz CT molecular complexity index is 859. The standard InChI is InChI=1S/C16H8BrF2NO/c17-14-11(4-5-13(18)15(14)19)16(21)10-3-1-2-9-6-7-20-8-12(9)10/h1-8H. The first-order valence-electron chi connectivity index (χ1n) is 6.10. The van der Waals surface area contributed by atoms with E-state index in [1.54, 1.807) is 30.6 Å². The average Bonchev–Trinajstić information content (AvgIpc) is 2.51. The van der Waals surface area contributed by atoms with Gasteiger partial charge in [0.1, 0.15) is 0 Å². The summed E-state index contributed by atoms with van der Waals surface area (Å²) in [6.07, 6.45) is 3.21. The lowest BCUT2D eigenvalue weighted by Gasteiger charge is -2.08. The van der Waals surface area contributed by atoms with Crippen molar-refractivity contribution >= 4 is 32.5 Å². The second-order valence-corrected chi connectivity index (χ2v) is 5.25. The molecule has 0 fully saturated rings. The van der Waals surface area contributed by atoms with Gasteiger partial charge in [-0.25, -0.2) is 8.78 Å². The third kappa shape index (κ3) is 2.34. The van der Waals surface area contributed by atoms with Gasteiger partial charge in [0.05, 0.1) is 4.47 Å². The van der Waals surface area contributed by atoms with Crippen molar-refractivity contribution in [3.8, 4) is 0 Å². The average molecular weight is 348 g/mol. The topological polar surface area (TPSA) is 30.0 Å². The maximum atomic E-state index is 13.6. The Labute approximate surface area is 127 Å². The monoisotopic (exact) mass is 347 g/mol. The Hall–Kier alpha value is -2.14. The summed E-state index contributed by atoms with van der Waals surface area (Å²) in [6.45, 7) is 0. The maximum Gasteiger partial charge on any atom is 0.194 e. The van der Waals surface area contributed by atoms with Crippen molar-refractivity contribution < 1.29 is 13.6 Å². The van der Waals surface area contributed by atoms with Crippen LogP contribution in [-0.2, 0) is 0 Å². The van der Waals surface area contributed by atoms with E-state index >= 15 is 0 Å². The fourth-order valence-corrected chi connectivity index (χ4v) is 2.66. The molecule has 1 heterocycles. The van der Waals surface area contributed by atoms with Gasteiger partial charge in [-0.1, -0.05) is 18.2 Å². The van der Waals surface area contributed by atoms with Crippen LogP contribution in [0.25, 0.3) is 10.8 Å². The van der Waals surface area contributed by atoms with Crippen molar-refractivity contribution in [2.45, 2.75) is 0 Å². The molecule has 0 aliphatic rings. The quantitative estimate of drug-likeness (QED) is 0.504. The number of pyridine rings is 1. The normalized spacial score (nSPS) is 10.8. The third-order valence-electron chi connectivity index (χ3n) is 3.21. The van der Waals surface area contributed by atoms with E-state index in [9.17, 15) is 13.6 Å². The van der Waals surface area contributed by atoms with Crippen LogP contribution in [0.3, 0.4) is 0 Å². The highest BCUT2D eigenvalue weighted by Crippen LogP contribution is 2.27. The van der Waals surface area contributed by atoms with Gasteiger partial charge in [0, 0.05) is 28.9 Å². The summed E-state index contributed by atoms with van der Waals surface area (Å²) >= 11 is 2.94. The Morgan fingerprint density at radius 2 is 1.86 bits per heavy atom. The number of benzene rings is 2. The molecular formula is C16H8BrF2NO. The second kappa shape index (κ2) is 5.33. The summed E-state index contributed by atoms with van der Waals surface area (Å²) in [6, 6.07) is 9.22. The first-order chi connectivity index (χ1) is 10.1. The number of hydrogen-bond donors (Lipinski definition) is 0. The van der Waals surface area contributed by atoms with Crippen molar-refractivity contribution in [3.63, 3.8) is 0 Å². The molecule has 0 N–H and O–H groups in total. The van der Waals surface area contributed by atoms with Crippen LogP contribution in [0, 0.1) is 11.6 Å². The predicted molar refractivity (Wildman–Crippen MR) is 79.2 cm³/mol. The molecule has 0 aliphatic carbocycles. The zero-order valence-corrected chi connectivity index (χ0v) is 12.2. The van der Waals surface area contributed by atoms with Gasteiger partial charge in [-0.3, -0.25) is 9.78 Å². The van der Waals surface area contributed by atoms with Crippen LogP contribution in [0.2, 0.25) is 0 Å². The molecule has 0 bridgehead atoms. The van der Waals surface area contributed by atoms with Crippen molar-refractivity contribution in [3.05, 3.63) is 76.0 Å². The van der Waals surface area contributed by atoms with Gasteiger partial charge >= 0.3 is 0 Å². The number of nitrogens with zero attached hydrogens (tertiary/aromatic N) is 1. The van der Waals surface area contributed by atoms with E-state index in [1.165, 1.54) is 6.07 Å². The van der Waals surface area contributed by atoms with Gasteiger partial charge < -0.3 is 0 Å². The van der Waals surface area contributed by atoms with Gasteiger partial charge in [0.2, 0.25) is 0 Å². The highest BCUT2D eigenvalue weighted by Gasteiger charge is 2.19. The number of fused-ring (bicyclic) bond motifs is 1. The molecule has 0 saturated carbocycles. The maximum absolute atomic E-state index is 13.6. The molecule has 2 nitrogen and oxygen atoms in total. The fourth-order valence-electron chi connectivity index (χ4n) is 2.16. The number of carbonyl (C=O) groups excluding carboxylic acids is 1. The van der Waals surface area contributed by atoms with E-state index in [4.69, 9.17) is 0 Å². The number of hydrogen-bond acceptors (Lipinski definition) is 2. The van der Waals surface area contributed by atoms with Crippen LogP contribution < -0.4 is 0 Å². The number of rotatable bonds is 2. The van der Waals surface area contributed by atoms with Crippen LogP contribution >= 0.6 is 15.9 Å². The summed E-state index contributed by atoms with van der Waals surface area (Å²) in [5.41, 5.74) is 0.470. The van der Waals surface area contributed by atoms with Gasteiger partial charge in [-0.05, 0) is 39.5 Å². The Balaban J connectivity index is 2.20. The van der Waals surface area contributed by atoms with Crippen LogP contribution in [0.15, 0.2) is 53.3 Å². The van der Waals surface area contributed by atoms with Gasteiger partial charge in [-0.2, -0.15) is 0 Å². The lowest BCUT2D eigenvalue weighted by atomic mass is 9.98. The lowest BCUT2D eigenvalue weighted by Crippen LogP contribution is -2.05. The van der Waals surface area contributed by atoms with Gasteiger partial charge in [0.15, 0.2) is 17.4 Å². The number of aromatic nitrogens is 1. The molecule has 0 radical (unpaired) electrons. The molecule has 0 unspecified atom stereocenters. The van der Waals surface area contributed by atoms with Crippen molar-refractivity contribution in [2.75, 3.05) is 0 Å². The van der Waals surface area contributed by atoms with E-state index in [0.29, 0.717) is 10.9 Å². The van der Waals surface area contributed by atoms with E-state index in [1.807, 2.05) is 6.07 Å². The van der Waals surface area contributed by atoms with E-state index in [2.05, 4.69) is 20.9 Å². The molecule has 0 spiro atoms. The van der Waals surface area contributed by atoms with Crippen LogP contribution in [0.4, 0.5) is 8.78 Å². The summed E-state index contributed by atoms with van der Waals surface area (Å²) in [5, 5.41) is 1.52. The molecule has 3 rings (SSSR count). The zero-order valence-electron chi connectivity index (χ0n) is 10.6. The molecule has 2 aromatic carbocycles. The van der Waals surface area contributed by atoms with Crippen molar-refractivity contribution in [2.24, 2.45) is 0 Å². The minimum atomic E-state index is -1.07. The number of carbonyl (C=O) groups is 1. The van der Waals surface area contributed by atoms with Crippen LogP contribution in [-0.4, -0.2) is 10.8 Å². The van der Waals surface area contributed by atoms with E-state index < -0.39 is 11.6 Å². The zero-order chi connectivity index (χ0) is 15.0. The molecule has 0 aliphatic heterocycles. The first kappa shape index (κ1) is 13.8. The molecule has 0 saturated heterocycles. The Morgan fingerprint density at radius 3 is 2.67 bits per heavy atom. The highest BCUT2D eigenvalue weighted by molar-refractivity contribution is 9.10. The molecule has 21 heavy (non-hydrogen) atoms. The summed E-state index contributed by atoms with van der Waals surface area (Å²) in [7, 11) is 0. The molecule has 0 amide bonds. The van der Waals surface area contributed by atoms with E-state index in [-0.39, 0.29) is 15.8 Å². The SMILES string of the molecule is O=C(c1ccc(F)c(F)c1Br)c1cccc2ccncc12. The summed E-state index contributed by atoms with van der Waals surface area (Å²) in [4.78, 5) is 16.6. The first-order valence-corrected chi connectivity index (χ1v) is 6.90. The Morgan fingerprint density at radius 1 is 1.05 bits per heavy atom. The van der Waals surface area contributed by atoms with Crippen LogP contribution in [0.5, 0.6) is 0 Å². The molecule has 0 atom stereocenters. The van der Waals surface area contributed by atoms with Gasteiger partial charge in [-0.15, -0.1) is 0 Å². The van der Waals surface area contributed by atoms with Gasteiger partial charge in [0.25, 0.3) is 0 Å². The van der Waals surface area contributed by atoms with Crippen molar-refractivity contribution in [1.82, 2.24) is 4.98 Å². The number of ketones is 1. The molecule has 5 heteroatoms. The largest absolute Gasteiger partial charge is 0.289 e. The third-order valence-corrected chi connectivity index (χ3v) is 3.98. The van der Waals surface area contributed by atoms with Crippen molar-refractivity contribution in [1.29, 1.82) is 0 Å². The number of halogens is 3. The van der Waals surface area contributed by atoms with E-state index in [0.717, 1.165) is 11.5 Å². The van der Waals surface area contributed by atoms with Crippen LogP contribution in [0.1, 0.15) is 15.9 Å². The fraction of sp³-hybridized carbons (Fsp3) is 0. The smallest absolute Gasteiger partial charge is 0.194 e. The summed E-state index contributed by atoms with van der Waals surface area (Å²) in [5.74, 6) is -2.46. The summed E-state index contributed by atoms with van der Waals surface area (Å²) < 4.78 is 26.6.